The zero-order valence-corrected chi connectivity index (χ0v) is 16.8. The summed E-state index contributed by atoms with van der Waals surface area (Å²) < 4.78 is 5.30. The summed E-state index contributed by atoms with van der Waals surface area (Å²) in [7, 11) is 0. The van der Waals surface area contributed by atoms with E-state index in [4.69, 9.17) is 4.74 Å². The van der Waals surface area contributed by atoms with Crippen LogP contribution in [-0.4, -0.2) is 35.9 Å². The van der Waals surface area contributed by atoms with Crippen molar-refractivity contribution in [2.24, 2.45) is 5.92 Å². The number of carbonyl (C=O) groups excluding carboxylic acids is 2. The van der Waals surface area contributed by atoms with Gasteiger partial charge in [-0.25, -0.2) is 4.79 Å². The molecule has 3 N–H and O–H groups in total. The van der Waals surface area contributed by atoms with Crippen LogP contribution in [0, 0.1) is 5.92 Å². The van der Waals surface area contributed by atoms with Crippen molar-refractivity contribution in [3.05, 3.63) is 47.2 Å². The zero-order chi connectivity index (χ0) is 19.4. The molecule has 4 unspecified atom stereocenters. The first-order valence-corrected chi connectivity index (χ1v) is 10.5. The van der Waals surface area contributed by atoms with Gasteiger partial charge in [0.2, 0.25) is 5.91 Å². The van der Waals surface area contributed by atoms with Gasteiger partial charge in [-0.05, 0) is 31.6 Å². The van der Waals surface area contributed by atoms with Gasteiger partial charge in [0, 0.05) is 11.6 Å². The van der Waals surface area contributed by atoms with Crippen LogP contribution in [0.25, 0.3) is 0 Å². The van der Waals surface area contributed by atoms with E-state index in [1.807, 2.05) is 37.3 Å². The second kappa shape index (κ2) is 8.80. The van der Waals surface area contributed by atoms with Gasteiger partial charge in [0.25, 0.3) is 0 Å². The number of rotatable bonds is 6. The molecule has 1 aromatic carbocycles. The van der Waals surface area contributed by atoms with Gasteiger partial charge in [-0.15, -0.1) is 11.8 Å². The van der Waals surface area contributed by atoms with E-state index in [0.29, 0.717) is 12.2 Å². The number of thioether (sulfide) groups is 1. The molecular weight excluding hydrogens is 362 g/mol. The third-order valence-corrected chi connectivity index (χ3v) is 6.09. The normalized spacial score (nSPS) is 27.4. The van der Waals surface area contributed by atoms with Gasteiger partial charge >= 0.3 is 5.97 Å². The Hall–Kier alpha value is -1.99. The Morgan fingerprint density at radius 3 is 2.59 bits per heavy atom. The predicted octanol–water partition coefficient (Wildman–Crippen LogP) is 2.30. The number of allylic oxidation sites excluding steroid dienone is 1. The third kappa shape index (κ3) is 4.14. The first-order valence-electron chi connectivity index (χ1n) is 9.44. The van der Waals surface area contributed by atoms with Crippen molar-refractivity contribution < 1.29 is 14.3 Å². The van der Waals surface area contributed by atoms with Crippen molar-refractivity contribution in [1.29, 1.82) is 0 Å². The maximum absolute atomic E-state index is 13.0. The van der Waals surface area contributed by atoms with Gasteiger partial charge in [0.15, 0.2) is 0 Å². The van der Waals surface area contributed by atoms with Gasteiger partial charge in [-0.2, -0.15) is 0 Å². The van der Waals surface area contributed by atoms with Gasteiger partial charge < -0.3 is 15.4 Å². The van der Waals surface area contributed by atoms with Crippen LogP contribution in [0.15, 0.2) is 41.6 Å². The lowest BCUT2D eigenvalue weighted by Crippen LogP contribution is -2.67. The second-order valence-corrected chi connectivity index (χ2v) is 7.93. The molecule has 1 amide bonds. The maximum atomic E-state index is 13.0. The molecule has 1 fully saturated rings. The molecular formula is C20H27N3O3S. The number of benzene rings is 1. The highest BCUT2D eigenvalue weighted by Crippen LogP contribution is 2.40. The molecule has 6 nitrogen and oxygen atoms in total. The Morgan fingerprint density at radius 2 is 1.93 bits per heavy atom. The Balaban J connectivity index is 1.98. The molecule has 1 saturated heterocycles. The minimum absolute atomic E-state index is 0.0528. The first kappa shape index (κ1) is 19.8. The minimum Gasteiger partial charge on any atom is -0.463 e. The largest absolute Gasteiger partial charge is 0.463 e. The first-order chi connectivity index (χ1) is 13.1. The quantitative estimate of drug-likeness (QED) is 0.648. The fourth-order valence-corrected chi connectivity index (χ4v) is 4.65. The lowest BCUT2D eigenvalue weighted by Gasteiger charge is -2.45. The number of fused-ring (bicyclic) bond motifs is 1. The number of hydrogen-bond acceptors (Lipinski definition) is 6. The fraction of sp³-hybridized carbons (Fsp3) is 0.500. The molecule has 0 saturated carbocycles. The van der Waals surface area contributed by atoms with Crippen LogP contribution in [0.1, 0.15) is 38.7 Å². The molecule has 0 spiro atoms. The van der Waals surface area contributed by atoms with Gasteiger partial charge in [0.1, 0.15) is 5.50 Å². The van der Waals surface area contributed by atoms with Crippen LogP contribution in [-0.2, 0) is 14.3 Å². The molecule has 7 heteroatoms. The Bertz CT molecular complexity index is 722. The average molecular weight is 390 g/mol. The highest BCUT2D eigenvalue weighted by atomic mass is 32.2. The average Bonchev–Trinajstić information content (AvgIpc) is 2.66. The lowest BCUT2D eigenvalue weighted by atomic mass is 9.74. The van der Waals surface area contributed by atoms with Crippen LogP contribution in [0.2, 0.25) is 0 Å². The smallest absolute Gasteiger partial charge is 0.336 e. The van der Waals surface area contributed by atoms with Gasteiger partial charge in [-0.1, -0.05) is 37.3 Å². The Kier molecular flexibility index (Phi) is 6.44. The van der Waals surface area contributed by atoms with E-state index in [1.165, 1.54) is 0 Å². The van der Waals surface area contributed by atoms with Crippen molar-refractivity contribution in [2.75, 3.05) is 12.4 Å². The molecule has 3 rings (SSSR count). The highest BCUT2D eigenvalue weighted by molar-refractivity contribution is 7.99. The molecule has 0 radical (unpaired) electrons. The molecule has 27 heavy (non-hydrogen) atoms. The molecule has 2 aliphatic rings. The lowest BCUT2D eigenvalue weighted by molar-refractivity contribution is -0.139. The number of nitrogens with one attached hydrogen (secondary N) is 3. The predicted molar refractivity (Wildman–Crippen MR) is 107 cm³/mol. The molecule has 4 atom stereocenters. The second-order valence-electron chi connectivity index (χ2n) is 6.72. The monoisotopic (exact) mass is 389 g/mol. The van der Waals surface area contributed by atoms with Gasteiger partial charge in [-0.3, -0.25) is 10.1 Å². The molecule has 146 valence electrons. The van der Waals surface area contributed by atoms with E-state index in [0.717, 1.165) is 23.4 Å². The highest BCUT2D eigenvalue weighted by Gasteiger charge is 2.48. The minimum atomic E-state index is -0.436. The van der Waals surface area contributed by atoms with Crippen LogP contribution < -0.4 is 16.0 Å². The van der Waals surface area contributed by atoms with Crippen molar-refractivity contribution in [3.8, 4) is 0 Å². The topological polar surface area (TPSA) is 79.5 Å². The SMILES string of the molecule is CCCSC1NC(=O)C2C(NC(C)=C(C(=O)OCC)C2c2ccccc2)N1. The van der Waals surface area contributed by atoms with E-state index in [-0.39, 0.29) is 29.5 Å². The van der Waals surface area contributed by atoms with E-state index >= 15 is 0 Å². The molecule has 0 bridgehead atoms. The summed E-state index contributed by atoms with van der Waals surface area (Å²) in [5.74, 6) is -0.261. The zero-order valence-electron chi connectivity index (χ0n) is 16.0. The fourth-order valence-electron chi connectivity index (χ4n) is 3.73. The summed E-state index contributed by atoms with van der Waals surface area (Å²) in [4.78, 5) is 25.7. The van der Waals surface area contributed by atoms with Crippen molar-refractivity contribution >= 4 is 23.6 Å². The van der Waals surface area contributed by atoms with Gasteiger partial charge in [0.05, 0.1) is 24.3 Å². The van der Waals surface area contributed by atoms with Crippen LogP contribution in [0.3, 0.4) is 0 Å². The van der Waals surface area contributed by atoms with Crippen molar-refractivity contribution in [2.45, 2.75) is 44.8 Å². The summed E-state index contributed by atoms with van der Waals surface area (Å²) in [5, 5.41) is 9.87. The van der Waals surface area contributed by atoms with Crippen LogP contribution in [0.4, 0.5) is 0 Å². The van der Waals surface area contributed by atoms with E-state index in [9.17, 15) is 9.59 Å². The molecule has 0 aromatic heterocycles. The summed E-state index contributed by atoms with van der Waals surface area (Å²) in [6.07, 6.45) is 0.801. The Morgan fingerprint density at radius 1 is 1.19 bits per heavy atom. The molecule has 0 aliphatic carbocycles. The van der Waals surface area contributed by atoms with Crippen LogP contribution in [0.5, 0.6) is 0 Å². The standard InChI is InChI=1S/C20H27N3O3S/c1-4-11-27-20-22-17-16(18(24)23-20)15(13-9-7-6-8-10-13)14(12(3)21-17)19(25)26-5-2/h6-10,15-17,20-22H,4-5,11H2,1-3H3,(H,23,24). The molecule has 2 heterocycles. The summed E-state index contributed by atoms with van der Waals surface area (Å²) in [5.41, 5.74) is 2.08. The number of hydrogen-bond donors (Lipinski definition) is 3. The molecule has 2 aliphatic heterocycles. The summed E-state index contributed by atoms with van der Waals surface area (Å²) >= 11 is 1.68. The number of esters is 1. The summed E-state index contributed by atoms with van der Waals surface area (Å²) in [6, 6.07) is 9.71. The van der Waals surface area contributed by atoms with E-state index < -0.39 is 5.92 Å². The van der Waals surface area contributed by atoms with Crippen molar-refractivity contribution in [3.63, 3.8) is 0 Å². The maximum Gasteiger partial charge on any atom is 0.336 e. The molecule has 1 aromatic rings. The number of carbonyl (C=O) groups is 2. The number of ether oxygens (including phenoxy) is 1. The number of amides is 1. The van der Waals surface area contributed by atoms with E-state index in [2.05, 4.69) is 22.9 Å². The summed E-state index contributed by atoms with van der Waals surface area (Å²) in [6.45, 7) is 6.07. The Labute approximate surface area is 164 Å². The third-order valence-electron chi connectivity index (χ3n) is 4.85. The van der Waals surface area contributed by atoms with Crippen molar-refractivity contribution in [1.82, 2.24) is 16.0 Å². The van der Waals surface area contributed by atoms with E-state index in [1.54, 1.807) is 18.7 Å². The van der Waals surface area contributed by atoms with Crippen LogP contribution >= 0.6 is 11.8 Å².